The second-order valence-electron chi connectivity index (χ2n) is 3.99. The molecule has 1 atom stereocenters. The van der Waals surface area contributed by atoms with Gasteiger partial charge in [-0.15, -0.1) is 0 Å². The van der Waals surface area contributed by atoms with Crippen molar-refractivity contribution in [2.45, 2.75) is 12.5 Å². The molecule has 0 aliphatic carbocycles. The minimum Gasteiger partial charge on any atom is -0.460 e. The van der Waals surface area contributed by atoms with E-state index in [1.54, 1.807) is 0 Å². The highest BCUT2D eigenvalue weighted by molar-refractivity contribution is 5.85. The van der Waals surface area contributed by atoms with Crippen LogP contribution >= 0.6 is 0 Å². The van der Waals surface area contributed by atoms with E-state index in [1.165, 1.54) is 6.08 Å². The molecular formula is C14H18N2O3. The number of esters is 1. The van der Waals surface area contributed by atoms with E-state index in [0.29, 0.717) is 6.42 Å². The Morgan fingerprint density at radius 3 is 2.68 bits per heavy atom. The van der Waals surface area contributed by atoms with Crippen LogP contribution in [0.4, 0.5) is 0 Å². The molecule has 1 amide bonds. The minimum atomic E-state index is -0.686. The molecule has 0 radical (unpaired) electrons. The summed E-state index contributed by atoms with van der Waals surface area (Å²) >= 11 is 0. The molecule has 0 heterocycles. The zero-order valence-electron chi connectivity index (χ0n) is 10.7. The van der Waals surface area contributed by atoms with E-state index in [-0.39, 0.29) is 19.1 Å². The summed E-state index contributed by atoms with van der Waals surface area (Å²) in [5, 5.41) is 2.44. The molecule has 5 nitrogen and oxygen atoms in total. The summed E-state index contributed by atoms with van der Waals surface area (Å²) in [6.07, 6.45) is 1.88. The maximum absolute atomic E-state index is 11.7. The van der Waals surface area contributed by atoms with Crippen LogP contribution in [0.5, 0.6) is 0 Å². The number of hydrogen-bond acceptors (Lipinski definition) is 4. The normalized spacial score (nSPS) is 11.4. The van der Waals surface area contributed by atoms with Crippen LogP contribution < -0.4 is 11.1 Å². The third kappa shape index (κ3) is 5.83. The van der Waals surface area contributed by atoms with Crippen molar-refractivity contribution in [3.8, 4) is 0 Å². The lowest BCUT2D eigenvalue weighted by Gasteiger charge is -2.11. The van der Waals surface area contributed by atoms with E-state index < -0.39 is 12.0 Å². The molecule has 0 saturated heterocycles. The Bertz CT molecular complexity index is 432. The number of amides is 1. The fourth-order valence-electron chi connectivity index (χ4n) is 1.45. The standard InChI is InChI=1S/C14H18N2O3/c1-2-8-19-13(17)10-16-14(18)12(15)9-11-6-4-3-5-7-11/h2-7,12H,1,8-10,15H2,(H,16,18)/t12-/m0/s1. The van der Waals surface area contributed by atoms with Gasteiger partial charge in [0.1, 0.15) is 13.2 Å². The first-order chi connectivity index (χ1) is 9.13. The van der Waals surface area contributed by atoms with E-state index in [1.807, 2.05) is 30.3 Å². The van der Waals surface area contributed by atoms with Crippen molar-refractivity contribution in [1.82, 2.24) is 5.32 Å². The van der Waals surface area contributed by atoms with Crippen molar-refractivity contribution in [1.29, 1.82) is 0 Å². The molecule has 0 aromatic heterocycles. The Morgan fingerprint density at radius 2 is 2.05 bits per heavy atom. The van der Waals surface area contributed by atoms with Crippen LogP contribution in [0.1, 0.15) is 5.56 Å². The van der Waals surface area contributed by atoms with E-state index in [0.717, 1.165) is 5.56 Å². The first-order valence-electron chi connectivity index (χ1n) is 5.97. The topological polar surface area (TPSA) is 81.4 Å². The van der Waals surface area contributed by atoms with Crippen molar-refractivity contribution in [2.24, 2.45) is 5.73 Å². The van der Waals surface area contributed by atoms with Gasteiger partial charge < -0.3 is 15.8 Å². The number of nitrogens with one attached hydrogen (secondary N) is 1. The lowest BCUT2D eigenvalue weighted by Crippen LogP contribution is -2.44. The van der Waals surface area contributed by atoms with Gasteiger partial charge >= 0.3 is 5.97 Å². The fourth-order valence-corrected chi connectivity index (χ4v) is 1.45. The molecule has 0 unspecified atom stereocenters. The SMILES string of the molecule is C=CCOC(=O)CNC(=O)[C@@H](N)Cc1ccccc1. The van der Waals surface area contributed by atoms with E-state index in [4.69, 9.17) is 10.5 Å². The first-order valence-corrected chi connectivity index (χ1v) is 5.97. The number of benzene rings is 1. The molecular weight excluding hydrogens is 244 g/mol. The van der Waals surface area contributed by atoms with E-state index >= 15 is 0 Å². The summed E-state index contributed by atoms with van der Waals surface area (Å²) in [7, 11) is 0. The predicted octanol–water partition coefficient (Wildman–Crippen LogP) is 0.402. The number of carbonyl (C=O) groups excluding carboxylic acids is 2. The van der Waals surface area contributed by atoms with Gasteiger partial charge in [0, 0.05) is 0 Å². The van der Waals surface area contributed by atoms with Crippen LogP contribution in [0.2, 0.25) is 0 Å². The monoisotopic (exact) mass is 262 g/mol. The zero-order chi connectivity index (χ0) is 14.1. The summed E-state index contributed by atoms with van der Waals surface area (Å²) in [4.78, 5) is 22.8. The predicted molar refractivity (Wildman–Crippen MR) is 72.3 cm³/mol. The molecule has 0 aliphatic rings. The molecule has 0 spiro atoms. The number of rotatable bonds is 7. The molecule has 19 heavy (non-hydrogen) atoms. The highest BCUT2D eigenvalue weighted by Gasteiger charge is 2.15. The second-order valence-corrected chi connectivity index (χ2v) is 3.99. The van der Waals surface area contributed by atoms with E-state index in [2.05, 4.69) is 11.9 Å². The summed E-state index contributed by atoms with van der Waals surface area (Å²) in [6.45, 7) is 3.36. The molecule has 1 rings (SSSR count). The van der Waals surface area contributed by atoms with Gasteiger partial charge in [-0.3, -0.25) is 9.59 Å². The Morgan fingerprint density at radius 1 is 1.37 bits per heavy atom. The lowest BCUT2D eigenvalue weighted by atomic mass is 10.1. The van der Waals surface area contributed by atoms with E-state index in [9.17, 15) is 9.59 Å². The molecule has 3 N–H and O–H groups in total. The quantitative estimate of drug-likeness (QED) is 0.550. The summed E-state index contributed by atoms with van der Waals surface area (Å²) in [5.74, 6) is -0.889. The van der Waals surface area contributed by atoms with Crippen LogP contribution in [-0.4, -0.2) is 31.1 Å². The maximum atomic E-state index is 11.7. The van der Waals surface area contributed by atoms with Gasteiger partial charge in [0.2, 0.25) is 5.91 Å². The Balaban J connectivity index is 2.33. The average molecular weight is 262 g/mol. The number of nitrogens with two attached hydrogens (primary N) is 1. The number of hydrogen-bond donors (Lipinski definition) is 2. The highest BCUT2D eigenvalue weighted by Crippen LogP contribution is 2.01. The van der Waals surface area contributed by atoms with Crippen LogP contribution in [0.3, 0.4) is 0 Å². The minimum absolute atomic E-state index is 0.130. The molecule has 0 fully saturated rings. The van der Waals surface area contributed by atoms with Crippen molar-refractivity contribution < 1.29 is 14.3 Å². The zero-order valence-corrected chi connectivity index (χ0v) is 10.7. The third-order valence-electron chi connectivity index (χ3n) is 2.40. The highest BCUT2D eigenvalue weighted by atomic mass is 16.5. The Labute approximate surface area is 112 Å². The Kier molecular flexibility index (Phi) is 6.32. The van der Waals surface area contributed by atoms with Crippen molar-refractivity contribution in [3.63, 3.8) is 0 Å². The lowest BCUT2D eigenvalue weighted by molar-refractivity contribution is -0.142. The molecule has 102 valence electrons. The first kappa shape index (κ1) is 14.9. The van der Waals surface area contributed by atoms with Gasteiger partial charge in [-0.1, -0.05) is 43.0 Å². The van der Waals surface area contributed by atoms with Gasteiger partial charge in [0.15, 0.2) is 0 Å². The van der Waals surface area contributed by atoms with Crippen molar-refractivity contribution in [3.05, 3.63) is 48.6 Å². The van der Waals surface area contributed by atoms with Gasteiger partial charge in [0.25, 0.3) is 0 Å². The van der Waals surface area contributed by atoms with Crippen LogP contribution in [0, 0.1) is 0 Å². The molecule has 1 aromatic carbocycles. The Hall–Kier alpha value is -2.14. The molecule has 0 saturated carbocycles. The van der Waals surface area contributed by atoms with Crippen molar-refractivity contribution in [2.75, 3.05) is 13.2 Å². The summed E-state index contributed by atoms with van der Waals surface area (Å²) < 4.78 is 4.73. The molecule has 1 aromatic rings. The largest absolute Gasteiger partial charge is 0.460 e. The van der Waals surface area contributed by atoms with Crippen LogP contribution in [0.15, 0.2) is 43.0 Å². The number of carbonyl (C=O) groups is 2. The van der Waals surface area contributed by atoms with Gasteiger partial charge in [0.05, 0.1) is 6.04 Å². The average Bonchev–Trinajstić information content (AvgIpc) is 2.43. The molecule has 5 heteroatoms. The maximum Gasteiger partial charge on any atom is 0.325 e. The van der Waals surface area contributed by atoms with Crippen molar-refractivity contribution >= 4 is 11.9 Å². The van der Waals surface area contributed by atoms with Gasteiger partial charge in [-0.05, 0) is 12.0 Å². The van der Waals surface area contributed by atoms with Gasteiger partial charge in [-0.2, -0.15) is 0 Å². The smallest absolute Gasteiger partial charge is 0.325 e. The van der Waals surface area contributed by atoms with Crippen LogP contribution in [-0.2, 0) is 20.7 Å². The second kappa shape index (κ2) is 8.05. The summed E-state index contributed by atoms with van der Waals surface area (Å²) in [6, 6.07) is 8.76. The van der Waals surface area contributed by atoms with Crippen LogP contribution in [0.25, 0.3) is 0 Å². The third-order valence-corrected chi connectivity index (χ3v) is 2.40. The molecule has 0 bridgehead atoms. The number of ether oxygens (including phenoxy) is 1. The van der Waals surface area contributed by atoms with Gasteiger partial charge in [-0.25, -0.2) is 0 Å². The molecule has 0 aliphatic heterocycles. The fraction of sp³-hybridized carbons (Fsp3) is 0.286. The summed E-state index contributed by atoms with van der Waals surface area (Å²) in [5.41, 5.74) is 6.73.